The largest absolute Gasteiger partial charge is 0.378 e. The summed E-state index contributed by atoms with van der Waals surface area (Å²) in [6.07, 6.45) is 2.24. The minimum atomic E-state index is -0.334. The molecule has 2 amide bonds. The van der Waals surface area contributed by atoms with Crippen molar-refractivity contribution in [3.63, 3.8) is 0 Å². The van der Waals surface area contributed by atoms with E-state index in [0.29, 0.717) is 11.4 Å². The van der Waals surface area contributed by atoms with Crippen molar-refractivity contribution in [2.75, 3.05) is 47.6 Å². The van der Waals surface area contributed by atoms with E-state index in [2.05, 4.69) is 15.5 Å². The number of hydrogen-bond donors (Lipinski definition) is 2. The maximum atomic E-state index is 12.1. The Labute approximate surface area is 160 Å². The zero-order valence-electron chi connectivity index (χ0n) is 15.9. The van der Waals surface area contributed by atoms with Crippen molar-refractivity contribution in [3.8, 4) is 0 Å². The molecule has 2 aromatic rings. The molecule has 1 fully saturated rings. The summed E-state index contributed by atoms with van der Waals surface area (Å²) in [5.41, 5.74) is 3.59. The number of carbonyl (C=O) groups is 2. The van der Waals surface area contributed by atoms with Crippen LogP contribution in [0.25, 0.3) is 0 Å². The molecule has 1 saturated heterocycles. The zero-order valence-corrected chi connectivity index (χ0v) is 15.9. The second kappa shape index (κ2) is 8.58. The first-order valence-electron chi connectivity index (χ1n) is 9.23. The second-order valence-corrected chi connectivity index (χ2v) is 6.96. The molecule has 3 rings (SSSR count). The van der Waals surface area contributed by atoms with Gasteiger partial charge in [0.1, 0.15) is 6.42 Å². The van der Waals surface area contributed by atoms with E-state index < -0.39 is 0 Å². The second-order valence-electron chi connectivity index (χ2n) is 6.96. The molecule has 0 atom stereocenters. The van der Waals surface area contributed by atoms with E-state index in [4.69, 9.17) is 0 Å². The lowest BCUT2D eigenvalue weighted by Gasteiger charge is -2.17. The topological polar surface area (TPSA) is 64.7 Å². The molecule has 1 aliphatic rings. The van der Waals surface area contributed by atoms with Gasteiger partial charge in [-0.25, -0.2) is 0 Å². The van der Waals surface area contributed by atoms with Gasteiger partial charge in [0.2, 0.25) is 11.8 Å². The molecule has 1 aliphatic heterocycles. The first kappa shape index (κ1) is 18.8. The van der Waals surface area contributed by atoms with Crippen molar-refractivity contribution >= 4 is 34.6 Å². The van der Waals surface area contributed by atoms with E-state index in [-0.39, 0.29) is 18.2 Å². The molecule has 142 valence electrons. The fourth-order valence-electron chi connectivity index (χ4n) is 3.13. The normalized spacial score (nSPS) is 13.3. The Kier molecular flexibility index (Phi) is 5.96. The van der Waals surface area contributed by atoms with Crippen LogP contribution in [0.1, 0.15) is 19.3 Å². The Bertz CT molecular complexity index is 779. The number of rotatable bonds is 6. The van der Waals surface area contributed by atoms with E-state index in [1.54, 1.807) is 0 Å². The van der Waals surface area contributed by atoms with E-state index in [9.17, 15) is 9.59 Å². The van der Waals surface area contributed by atoms with Crippen molar-refractivity contribution in [2.45, 2.75) is 19.3 Å². The van der Waals surface area contributed by atoms with Crippen LogP contribution in [-0.4, -0.2) is 39.0 Å². The number of nitrogens with zero attached hydrogens (tertiary/aromatic N) is 2. The number of nitrogens with one attached hydrogen (secondary N) is 2. The SMILES string of the molecule is CN(C)c1ccc(NC(=O)CC(=O)Nc2ccc(N3CCCC3)cc2)cc1. The number of benzene rings is 2. The van der Waals surface area contributed by atoms with Gasteiger partial charge in [0.25, 0.3) is 0 Å². The summed E-state index contributed by atoms with van der Waals surface area (Å²) in [5, 5.41) is 5.52. The summed E-state index contributed by atoms with van der Waals surface area (Å²) < 4.78 is 0. The lowest BCUT2D eigenvalue weighted by Crippen LogP contribution is -2.21. The van der Waals surface area contributed by atoms with Gasteiger partial charge in [-0.2, -0.15) is 0 Å². The van der Waals surface area contributed by atoms with Crippen LogP contribution in [0.4, 0.5) is 22.7 Å². The summed E-state index contributed by atoms with van der Waals surface area (Å²) in [6, 6.07) is 15.2. The Hall–Kier alpha value is -3.02. The highest BCUT2D eigenvalue weighted by Gasteiger charge is 2.13. The number of amides is 2. The molecule has 1 heterocycles. The fourth-order valence-corrected chi connectivity index (χ4v) is 3.13. The van der Waals surface area contributed by atoms with E-state index >= 15 is 0 Å². The number of anilines is 4. The predicted octanol–water partition coefficient (Wildman–Crippen LogP) is 3.32. The van der Waals surface area contributed by atoms with Crippen LogP contribution < -0.4 is 20.4 Å². The van der Waals surface area contributed by atoms with Crippen LogP contribution >= 0.6 is 0 Å². The quantitative estimate of drug-likeness (QED) is 0.770. The lowest BCUT2D eigenvalue weighted by molar-refractivity contribution is -0.123. The van der Waals surface area contributed by atoms with Gasteiger partial charge in [0, 0.05) is 49.9 Å². The molecule has 0 spiro atoms. The molecule has 0 bridgehead atoms. The summed E-state index contributed by atoms with van der Waals surface area (Å²) in [5.74, 6) is -0.662. The summed E-state index contributed by atoms with van der Waals surface area (Å²) in [6.45, 7) is 2.17. The molecule has 27 heavy (non-hydrogen) atoms. The van der Waals surface area contributed by atoms with Crippen LogP contribution in [0.3, 0.4) is 0 Å². The van der Waals surface area contributed by atoms with Gasteiger partial charge in [-0.15, -0.1) is 0 Å². The fraction of sp³-hybridized carbons (Fsp3) is 0.333. The van der Waals surface area contributed by atoms with Crippen molar-refractivity contribution in [1.82, 2.24) is 0 Å². The first-order chi connectivity index (χ1) is 13.0. The minimum absolute atomic E-state index is 0.219. The smallest absolute Gasteiger partial charge is 0.233 e. The highest BCUT2D eigenvalue weighted by molar-refractivity contribution is 6.08. The van der Waals surface area contributed by atoms with Crippen LogP contribution in [0.5, 0.6) is 0 Å². The van der Waals surface area contributed by atoms with Crippen LogP contribution in [0, 0.1) is 0 Å². The Morgan fingerprint density at radius 2 is 1.33 bits per heavy atom. The third-order valence-electron chi connectivity index (χ3n) is 4.61. The molecule has 0 radical (unpaired) electrons. The summed E-state index contributed by atoms with van der Waals surface area (Å²) in [4.78, 5) is 28.5. The minimum Gasteiger partial charge on any atom is -0.378 e. The summed E-state index contributed by atoms with van der Waals surface area (Å²) in [7, 11) is 3.91. The van der Waals surface area contributed by atoms with Gasteiger partial charge in [0.05, 0.1) is 0 Å². The average molecular weight is 366 g/mol. The highest BCUT2D eigenvalue weighted by Crippen LogP contribution is 2.22. The molecule has 2 aromatic carbocycles. The van der Waals surface area contributed by atoms with Gasteiger partial charge < -0.3 is 20.4 Å². The molecular weight excluding hydrogens is 340 g/mol. The standard InChI is InChI=1S/C21H26N4O2/c1-24(2)18-9-5-16(6-10-18)22-20(26)15-21(27)23-17-7-11-19(12-8-17)25-13-3-4-14-25/h5-12H,3-4,13-15H2,1-2H3,(H,22,26)(H,23,27). The van der Waals surface area contributed by atoms with Gasteiger partial charge in [-0.1, -0.05) is 0 Å². The molecule has 2 N–H and O–H groups in total. The zero-order chi connectivity index (χ0) is 19.2. The molecule has 0 aliphatic carbocycles. The number of carbonyl (C=O) groups excluding carboxylic acids is 2. The molecule has 0 aromatic heterocycles. The molecular formula is C21H26N4O2. The first-order valence-corrected chi connectivity index (χ1v) is 9.23. The van der Waals surface area contributed by atoms with E-state index in [1.807, 2.05) is 67.5 Å². The van der Waals surface area contributed by atoms with E-state index in [1.165, 1.54) is 18.5 Å². The molecule has 6 heteroatoms. The van der Waals surface area contributed by atoms with Crippen LogP contribution in [0.2, 0.25) is 0 Å². The lowest BCUT2D eigenvalue weighted by atomic mass is 10.2. The summed E-state index contributed by atoms with van der Waals surface area (Å²) >= 11 is 0. The van der Waals surface area contributed by atoms with Gasteiger partial charge >= 0.3 is 0 Å². The molecule has 6 nitrogen and oxygen atoms in total. The van der Waals surface area contributed by atoms with Crippen molar-refractivity contribution < 1.29 is 9.59 Å². The van der Waals surface area contributed by atoms with Crippen molar-refractivity contribution in [3.05, 3.63) is 48.5 Å². The third kappa shape index (κ3) is 5.23. The van der Waals surface area contributed by atoms with Crippen molar-refractivity contribution in [1.29, 1.82) is 0 Å². The average Bonchev–Trinajstić information content (AvgIpc) is 3.17. The highest BCUT2D eigenvalue weighted by atomic mass is 16.2. The maximum Gasteiger partial charge on any atom is 0.233 e. The Balaban J connectivity index is 1.48. The Morgan fingerprint density at radius 1 is 0.852 bits per heavy atom. The molecule has 0 saturated carbocycles. The van der Waals surface area contributed by atoms with Crippen LogP contribution in [0.15, 0.2) is 48.5 Å². The number of hydrogen-bond acceptors (Lipinski definition) is 4. The maximum absolute atomic E-state index is 12.1. The van der Waals surface area contributed by atoms with Gasteiger partial charge in [-0.3, -0.25) is 9.59 Å². The van der Waals surface area contributed by atoms with Crippen molar-refractivity contribution in [2.24, 2.45) is 0 Å². The molecule has 0 unspecified atom stereocenters. The van der Waals surface area contributed by atoms with Crippen LogP contribution in [-0.2, 0) is 9.59 Å². The van der Waals surface area contributed by atoms with E-state index in [0.717, 1.165) is 18.8 Å². The predicted molar refractivity (Wildman–Crippen MR) is 111 cm³/mol. The third-order valence-corrected chi connectivity index (χ3v) is 4.61. The Morgan fingerprint density at radius 3 is 1.81 bits per heavy atom. The van der Waals surface area contributed by atoms with Gasteiger partial charge in [0.15, 0.2) is 0 Å². The monoisotopic (exact) mass is 366 g/mol. The van der Waals surface area contributed by atoms with Gasteiger partial charge in [-0.05, 0) is 61.4 Å².